The summed E-state index contributed by atoms with van der Waals surface area (Å²) in [6.07, 6.45) is 1.97. The lowest BCUT2D eigenvalue weighted by molar-refractivity contribution is 0.370. The fourth-order valence-corrected chi connectivity index (χ4v) is 5.66. The summed E-state index contributed by atoms with van der Waals surface area (Å²) < 4.78 is 12.2. The molecule has 0 spiro atoms. The van der Waals surface area contributed by atoms with Gasteiger partial charge in [0.15, 0.2) is 0 Å². The molecule has 7 heteroatoms. The molecule has 3 aromatic heterocycles. The van der Waals surface area contributed by atoms with Crippen LogP contribution < -0.4 is 5.32 Å². The standard InChI is InChI=1S/C14H13BrN2OS3/c1-3-9(18-2)12-10(15)11-13(20-12)14(21-17-11)16-7-8-5-4-6-19-8/h3-6,16H,7H2,1-2H3/b9-3+. The molecule has 0 aliphatic heterocycles. The van der Waals surface area contributed by atoms with Crippen LogP contribution in [0, 0.1) is 0 Å². The van der Waals surface area contributed by atoms with Crippen molar-refractivity contribution >= 4 is 71.1 Å². The number of hydrogen-bond acceptors (Lipinski definition) is 6. The number of aromatic nitrogens is 1. The summed E-state index contributed by atoms with van der Waals surface area (Å²) >= 11 is 8.61. The zero-order chi connectivity index (χ0) is 14.8. The highest BCUT2D eigenvalue weighted by Crippen LogP contribution is 2.44. The van der Waals surface area contributed by atoms with Gasteiger partial charge >= 0.3 is 0 Å². The van der Waals surface area contributed by atoms with Gasteiger partial charge in [0.25, 0.3) is 0 Å². The van der Waals surface area contributed by atoms with Crippen LogP contribution in [0.2, 0.25) is 0 Å². The SMILES string of the molecule is C/C=C(/OC)c1sc2c(NCc3cccs3)snc2c1Br. The number of thiophene rings is 2. The van der Waals surface area contributed by atoms with Gasteiger partial charge in [-0.1, -0.05) is 6.07 Å². The zero-order valence-corrected chi connectivity index (χ0v) is 15.5. The van der Waals surface area contributed by atoms with Gasteiger partial charge in [-0.25, -0.2) is 0 Å². The lowest BCUT2D eigenvalue weighted by Crippen LogP contribution is -1.94. The van der Waals surface area contributed by atoms with Gasteiger partial charge in [0.1, 0.15) is 16.3 Å². The molecule has 0 aliphatic rings. The van der Waals surface area contributed by atoms with Crippen LogP contribution in [0.5, 0.6) is 0 Å². The third kappa shape index (κ3) is 2.88. The Morgan fingerprint density at radius 2 is 2.38 bits per heavy atom. The van der Waals surface area contributed by atoms with Gasteiger partial charge < -0.3 is 10.1 Å². The van der Waals surface area contributed by atoms with E-state index in [2.05, 4.69) is 43.1 Å². The quantitative estimate of drug-likeness (QED) is 0.549. The van der Waals surface area contributed by atoms with E-state index in [1.54, 1.807) is 29.8 Å². The van der Waals surface area contributed by atoms with E-state index in [-0.39, 0.29) is 0 Å². The van der Waals surface area contributed by atoms with Crippen LogP contribution in [0.25, 0.3) is 16.0 Å². The molecule has 0 atom stereocenters. The normalized spacial score (nSPS) is 12.0. The molecule has 21 heavy (non-hydrogen) atoms. The number of rotatable bonds is 5. The van der Waals surface area contributed by atoms with E-state index in [4.69, 9.17) is 4.74 Å². The molecular weight excluding hydrogens is 388 g/mol. The van der Waals surface area contributed by atoms with Gasteiger partial charge in [0.05, 0.1) is 27.7 Å². The molecule has 3 aromatic rings. The summed E-state index contributed by atoms with van der Waals surface area (Å²) in [7, 11) is 1.69. The number of anilines is 1. The second-order valence-electron chi connectivity index (χ2n) is 4.22. The largest absolute Gasteiger partial charge is 0.496 e. The fraction of sp³-hybridized carbons (Fsp3) is 0.214. The average Bonchev–Trinajstić information content (AvgIpc) is 3.19. The van der Waals surface area contributed by atoms with Crippen molar-refractivity contribution in [3.8, 4) is 0 Å². The summed E-state index contributed by atoms with van der Waals surface area (Å²) in [5.74, 6) is 0.874. The number of fused-ring (bicyclic) bond motifs is 1. The van der Waals surface area contributed by atoms with Crippen molar-refractivity contribution in [3.05, 3.63) is 37.8 Å². The molecule has 110 valence electrons. The van der Waals surface area contributed by atoms with Crippen LogP contribution in [-0.2, 0) is 11.3 Å². The van der Waals surface area contributed by atoms with E-state index in [0.29, 0.717) is 0 Å². The smallest absolute Gasteiger partial charge is 0.133 e. The van der Waals surface area contributed by atoms with E-state index in [0.717, 1.165) is 32.2 Å². The molecule has 0 aliphatic carbocycles. The minimum atomic E-state index is 0.834. The van der Waals surface area contributed by atoms with E-state index >= 15 is 0 Å². The summed E-state index contributed by atoms with van der Waals surface area (Å²) in [6.45, 7) is 2.81. The molecule has 0 radical (unpaired) electrons. The summed E-state index contributed by atoms with van der Waals surface area (Å²) in [6, 6.07) is 4.20. The maximum atomic E-state index is 5.42. The predicted octanol–water partition coefficient (Wildman–Crippen LogP) is 5.80. The Bertz CT molecular complexity index is 774. The lowest BCUT2D eigenvalue weighted by Gasteiger charge is -2.03. The van der Waals surface area contributed by atoms with Gasteiger partial charge in [-0.15, -0.1) is 22.7 Å². The number of nitrogens with one attached hydrogen (secondary N) is 1. The van der Waals surface area contributed by atoms with Crippen molar-refractivity contribution in [2.24, 2.45) is 0 Å². The first kappa shape index (κ1) is 15.0. The van der Waals surface area contributed by atoms with Gasteiger partial charge in [-0.2, -0.15) is 4.37 Å². The second kappa shape index (κ2) is 6.48. The first-order valence-electron chi connectivity index (χ1n) is 6.29. The highest BCUT2D eigenvalue weighted by Gasteiger charge is 2.19. The number of ether oxygens (including phenoxy) is 1. The Morgan fingerprint density at radius 1 is 1.52 bits per heavy atom. The van der Waals surface area contributed by atoms with E-state index in [1.807, 2.05) is 13.0 Å². The summed E-state index contributed by atoms with van der Waals surface area (Å²) in [4.78, 5) is 2.41. The van der Waals surface area contributed by atoms with Crippen molar-refractivity contribution in [1.29, 1.82) is 0 Å². The maximum absolute atomic E-state index is 5.42. The Labute approximate surface area is 143 Å². The highest BCUT2D eigenvalue weighted by molar-refractivity contribution is 9.10. The summed E-state index contributed by atoms with van der Waals surface area (Å²) in [5.41, 5.74) is 1.00. The van der Waals surface area contributed by atoms with Gasteiger partial charge in [0, 0.05) is 4.88 Å². The number of halogens is 1. The van der Waals surface area contributed by atoms with Crippen LogP contribution in [0.4, 0.5) is 5.00 Å². The Hall–Kier alpha value is -0.890. The summed E-state index contributed by atoms with van der Waals surface area (Å²) in [5, 5.41) is 6.69. The van der Waals surface area contributed by atoms with Crippen molar-refractivity contribution in [1.82, 2.24) is 4.37 Å². The number of allylic oxidation sites excluding steroid dienone is 1. The van der Waals surface area contributed by atoms with Crippen LogP contribution >= 0.6 is 50.1 Å². The molecule has 0 saturated heterocycles. The number of methoxy groups -OCH3 is 1. The van der Waals surface area contributed by atoms with Gasteiger partial charge in [0.2, 0.25) is 0 Å². The van der Waals surface area contributed by atoms with Gasteiger partial charge in [-0.05, 0) is 51.9 Å². The molecular formula is C14H13BrN2OS3. The molecule has 3 rings (SSSR count). The van der Waals surface area contributed by atoms with Crippen molar-refractivity contribution < 1.29 is 4.74 Å². The first-order valence-corrected chi connectivity index (χ1v) is 9.55. The van der Waals surface area contributed by atoms with Crippen LogP contribution in [0.1, 0.15) is 16.7 Å². The minimum absolute atomic E-state index is 0.834. The minimum Gasteiger partial charge on any atom is -0.496 e. The molecule has 0 fully saturated rings. The van der Waals surface area contributed by atoms with E-state index in [1.165, 1.54) is 21.1 Å². The van der Waals surface area contributed by atoms with Crippen molar-refractivity contribution in [2.75, 3.05) is 12.4 Å². The Kier molecular flexibility index (Phi) is 4.63. The molecule has 0 amide bonds. The number of nitrogens with zero attached hydrogens (tertiary/aromatic N) is 1. The molecule has 0 aromatic carbocycles. The van der Waals surface area contributed by atoms with Crippen molar-refractivity contribution in [3.63, 3.8) is 0 Å². The predicted molar refractivity (Wildman–Crippen MR) is 97.5 cm³/mol. The highest BCUT2D eigenvalue weighted by atomic mass is 79.9. The molecule has 0 bridgehead atoms. The molecule has 0 saturated carbocycles. The van der Waals surface area contributed by atoms with Crippen LogP contribution in [0.15, 0.2) is 28.1 Å². The Balaban J connectivity index is 1.92. The topological polar surface area (TPSA) is 34.1 Å². The molecule has 3 nitrogen and oxygen atoms in total. The van der Waals surface area contributed by atoms with E-state index in [9.17, 15) is 0 Å². The van der Waals surface area contributed by atoms with E-state index < -0.39 is 0 Å². The number of hydrogen-bond donors (Lipinski definition) is 1. The Morgan fingerprint density at radius 3 is 3.05 bits per heavy atom. The molecule has 1 N–H and O–H groups in total. The molecule has 0 unspecified atom stereocenters. The third-order valence-electron chi connectivity index (χ3n) is 2.97. The fourth-order valence-electron chi connectivity index (χ4n) is 1.96. The third-order valence-corrected chi connectivity index (χ3v) is 7.03. The average molecular weight is 401 g/mol. The molecule has 3 heterocycles. The monoisotopic (exact) mass is 400 g/mol. The van der Waals surface area contributed by atoms with Crippen molar-refractivity contribution in [2.45, 2.75) is 13.5 Å². The van der Waals surface area contributed by atoms with Crippen LogP contribution in [0.3, 0.4) is 0 Å². The first-order chi connectivity index (χ1) is 10.2. The maximum Gasteiger partial charge on any atom is 0.133 e. The second-order valence-corrected chi connectivity index (χ2v) is 7.84. The van der Waals surface area contributed by atoms with Gasteiger partial charge in [-0.3, -0.25) is 0 Å². The lowest BCUT2D eigenvalue weighted by atomic mass is 10.3. The zero-order valence-electron chi connectivity index (χ0n) is 11.5. The van der Waals surface area contributed by atoms with Crippen LogP contribution in [-0.4, -0.2) is 11.5 Å².